The summed E-state index contributed by atoms with van der Waals surface area (Å²) in [6, 6.07) is 0. The van der Waals surface area contributed by atoms with E-state index < -0.39 is 6.09 Å². The molecular formula is C9H12N3O2. The number of nitrogens with zero attached hydrogens (tertiary/aromatic N) is 2. The predicted molar refractivity (Wildman–Crippen MR) is 51.0 cm³/mol. The van der Waals surface area contributed by atoms with E-state index in [1.807, 2.05) is 13.8 Å². The van der Waals surface area contributed by atoms with Gasteiger partial charge in [0, 0.05) is 0 Å². The van der Waals surface area contributed by atoms with Crippen LogP contribution in [0.4, 0.5) is 10.5 Å². The summed E-state index contributed by atoms with van der Waals surface area (Å²) in [5, 5.41) is 2.54. The second-order valence-electron chi connectivity index (χ2n) is 3.04. The summed E-state index contributed by atoms with van der Waals surface area (Å²) in [6.07, 6.45) is 3.45. The minimum atomic E-state index is -0.526. The Morgan fingerprint density at radius 1 is 1.64 bits per heavy atom. The number of carbonyl (C=O) groups is 1. The summed E-state index contributed by atoms with van der Waals surface area (Å²) in [7, 11) is 1.31. The first-order valence-corrected chi connectivity index (χ1v) is 4.23. The maximum absolute atomic E-state index is 11.0. The third-order valence-corrected chi connectivity index (χ3v) is 1.67. The lowest BCUT2D eigenvalue weighted by Crippen LogP contribution is -2.14. The van der Waals surface area contributed by atoms with Gasteiger partial charge in [-0.3, -0.25) is 5.32 Å². The van der Waals surface area contributed by atoms with E-state index in [4.69, 9.17) is 0 Å². The Hall–Kier alpha value is -1.65. The summed E-state index contributed by atoms with van der Waals surface area (Å²) in [6.45, 7) is 3.94. The van der Waals surface area contributed by atoms with Crippen LogP contribution in [-0.4, -0.2) is 23.2 Å². The predicted octanol–water partition coefficient (Wildman–Crippen LogP) is 1.58. The van der Waals surface area contributed by atoms with Crippen molar-refractivity contribution in [1.29, 1.82) is 0 Å². The van der Waals surface area contributed by atoms with Gasteiger partial charge in [0.05, 0.1) is 24.7 Å². The molecule has 0 unspecified atom stereocenters. The average molecular weight is 194 g/mol. The normalized spacial score (nSPS) is 10.0. The molecule has 14 heavy (non-hydrogen) atoms. The highest BCUT2D eigenvalue weighted by Gasteiger charge is 2.10. The van der Waals surface area contributed by atoms with Crippen molar-refractivity contribution < 1.29 is 9.53 Å². The third-order valence-electron chi connectivity index (χ3n) is 1.67. The van der Waals surface area contributed by atoms with E-state index in [1.165, 1.54) is 13.3 Å². The van der Waals surface area contributed by atoms with Crippen molar-refractivity contribution in [2.45, 2.75) is 19.8 Å². The molecule has 5 heteroatoms. The van der Waals surface area contributed by atoms with Gasteiger partial charge < -0.3 is 4.74 Å². The summed E-state index contributed by atoms with van der Waals surface area (Å²) in [4.78, 5) is 18.6. The molecule has 1 N–H and O–H groups in total. The van der Waals surface area contributed by atoms with Gasteiger partial charge in [-0.05, 0) is 5.92 Å². The number of rotatable bonds is 2. The maximum atomic E-state index is 11.0. The van der Waals surface area contributed by atoms with Crippen molar-refractivity contribution in [3.8, 4) is 0 Å². The van der Waals surface area contributed by atoms with Crippen LogP contribution in [0.5, 0.6) is 0 Å². The molecule has 0 bridgehead atoms. The number of hydrogen-bond donors (Lipinski definition) is 1. The molecule has 0 saturated heterocycles. The van der Waals surface area contributed by atoms with Crippen molar-refractivity contribution in [1.82, 2.24) is 9.97 Å². The summed E-state index contributed by atoms with van der Waals surface area (Å²) >= 11 is 0. The first-order valence-electron chi connectivity index (χ1n) is 4.23. The Bertz CT molecular complexity index is 326. The van der Waals surface area contributed by atoms with Crippen LogP contribution >= 0.6 is 0 Å². The van der Waals surface area contributed by atoms with Crippen LogP contribution in [0.1, 0.15) is 25.5 Å². The van der Waals surface area contributed by atoms with Crippen LogP contribution in [0.3, 0.4) is 0 Å². The molecule has 1 rings (SSSR count). The highest BCUT2D eigenvalue weighted by atomic mass is 16.5. The molecule has 0 aliphatic carbocycles. The lowest BCUT2D eigenvalue weighted by Gasteiger charge is -2.10. The monoisotopic (exact) mass is 194 g/mol. The van der Waals surface area contributed by atoms with Crippen LogP contribution in [0.15, 0.2) is 6.20 Å². The Kier molecular flexibility index (Phi) is 3.39. The smallest absolute Gasteiger partial charge is 0.411 e. The molecule has 0 saturated carbocycles. The van der Waals surface area contributed by atoms with Crippen molar-refractivity contribution >= 4 is 11.8 Å². The zero-order chi connectivity index (χ0) is 10.6. The highest BCUT2D eigenvalue weighted by Crippen LogP contribution is 2.19. The van der Waals surface area contributed by atoms with Gasteiger partial charge in [0.1, 0.15) is 0 Å². The molecule has 1 aromatic rings. The van der Waals surface area contributed by atoms with Crippen molar-refractivity contribution in [3.63, 3.8) is 0 Å². The fourth-order valence-corrected chi connectivity index (χ4v) is 1.000. The van der Waals surface area contributed by atoms with E-state index in [9.17, 15) is 4.79 Å². The molecule has 0 fully saturated rings. The second kappa shape index (κ2) is 4.55. The molecule has 0 aliphatic rings. The lowest BCUT2D eigenvalue weighted by atomic mass is 10.1. The van der Waals surface area contributed by atoms with Crippen molar-refractivity contribution in [3.05, 3.63) is 18.2 Å². The number of anilines is 1. The van der Waals surface area contributed by atoms with Crippen molar-refractivity contribution in [2.75, 3.05) is 12.4 Å². The molecule has 0 aromatic carbocycles. The van der Waals surface area contributed by atoms with Gasteiger partial charge in [-0.1, -0.05) is 13.8 Å². The first kappa shape index (κ1) is 10.4. The topological polar surface area (TPSA) is 64.1 Å². The minimum absolute atomic E-state index is 0.196. The number of aromatic nitrogens is 2. The molecule has 1 heterocycles. The highest BCUT2D eigenvalue weighted by molar-refractivity contribution is 5.84. The van der Waals surface area contributed by atoms with Crippen molar-refractivity contribution in [2.24, 2.45) is 0 Å². The molecule has 1 amide bonds. The molecule has 1 aromatic heterocycles. The maximum Gasteiger partial charge on any atom is 0.411 e. The van der Waals surface area contributed by atoms with E-state index in [1.54, 1.807) is 0 Å². The zero-order valence-corrected chi connectivity index (χ0v) is 8.37. The standard InChI is InChI=1S/C9H12N3O2/c1-6(2)8-7(4-10-5-11-8)12-9(13)14-3/h4,6H,1-3H3,(H,12,13). The van der Waals surface area contributed by atoms with Gasteiger partial charge in [0.15, 0.2) is 6.33 Å². The number of nitrogens with one attached hydrogen (secondary N) is 1. The van der Waals surface area contributed by atoms with Crippen LogP contribution < -0.4 is 5.32 Å². The summed E-state index contributed by atoms with van der Waals surface area (Å²) in [5.41, 5.74) is 1.30. The van der Waals surface area contributed by atoms with E-state index >= 15 is 0 Å². The lowest BCUT2D eigenvalue weighted by molar-refractivity contribution is 0.187. The average Bonchev–Trinajstić information content (AvgIpc) is 2.18. The summed E-state index contributed by atoms with van der Waals surface area (Å²) in [5.74, 6) is 0.196. The third kappa shape index (κ3) is 2.42. The van der Waals surface area contributed by atoms with Crippen LogP contribution in [-0.2, 0) is 4.74 Å². The number of methoxy groups -OCH3 is 1. The van der Waals surface area contributed by atoms with Gasteiger partial charge in [0.25, 0.3) is 0 Å². The number of hydrogen-bond acceptors (Lipinski definition) is 4. The molecule has 75 valence electrons. The first-order chi connectivity index (χ1) is 6.65. The fourth-order valence-electron chi connectivity index (χ4n) is 1.000. The molecule has 5 nitrogen and oxygen atoms in total. The molecular weight excluding hydrogens is 182 g/mol. The van der Waals surface area contributed by atoms with E-state index in [0.29, 0.717) is 5.69 Å². The molecule has 0 aliphatic heterocycles. The SMILES string of the molecule is COC(=O)Nc1cn[c]nc1C(C)C. The van der Waals surface area contributed by atoms with Crippen LogP contribution in [0, 0.1) is 6.33 Å². The van der Waals surface area contributed by atoms with Gasteiger partial charge in [-0.15, -0.1) is 0 Å². The fraction of sp³-hybridized carbons (Fsp3) is 0.444. The van der Waals surface area contributed by atoms with Gasteiger partial charge >= 0.3 is 6.09 Å². The van der Waals surface area contributed by atoms with E-state index in [0.717, 1.165) is 5.69 Å². The Morgan fingerprint density at radius 3 is 2.93 bits per heavy atom. The van der Waals surface area contributed by atoms with Gasteiger partial charge in [0.2, 0.25) is 0 Å². The van der Waals surface area contributed by atoms with Crippen LogP contribution in [0.2, 0.25) is 0 Å². The van der Waals surface area contributed by atoms with Crippen LogP contribution in [0.25, 0.3) is 0 Å². The summed E-state index contributed by atoms with van der Waals surface area (Å²) < 4.78 is 4.47. The Balaban J connectivity index is 2.90. The minimum Gasteiger partial charge on any atom is -0.453 e. The quantitative estimate of drug-likeness (QED) is 0.776. The molecule has 0 spiro atoms. The number of ether oxygens (including phenoxy) is 1. The Morgan fingerprint density at radius 2 is 2.36 bits per heavy atom. The van der Waals surface area contributed by atoms with E-state index in [2.05, 4.69) is 26.3 Å². The molecule has 1 radical (unpaired) electrons. The van der Waals surface area contributed by atoms with Gasteiger partial charge in [-0.2, -0.15) is 0 Å². The second-order valence-corrected chi connectivity index (χ2v) is 3.04. The molecule has 0 atom stereocenters. The van der Waals surface area contributed by atoms with Gasteiger partial charge in [-0.25, -0.2) is 14.8 Å². The number of amides is 1. The Labute approximate surface area is 82.5 Å². The number of carbonyl (C=O) groups excluding carboxylic acids is 1. The van der Waals surface area contributed by atoms with E-state index in [-0.39, 0.29) is 5.92 Å². The zero-order valence-electron chi connectivity index (χ0n) is 8.37. The largest absolute Gasteiger partial charge is 0.453 e.